The Hall–Kier alpha value is -4.54. The average molecular weight is 651 g/mol. The maximum Gasteiger partial charge on any atom is 0.319 e. The van der Waals surface area contributed by atoms with E-state index < -0.39 is 11.6 Å². The number of hydrogen-bond acceptors (Lipinski definition) is 8. The molecule has 2 aromatic carbocycles. The van der Waals surface area contributed by atoms with Gasteiger partial charge in [-0.1, -0.05) is 32.8 Å². The fourth-order valence-corrected chi connectivity index (χ4v) is 7.60. The number of nitriles is 1. The number of benzene rings is 2. The molecule has 248 valence electrons. The molecule has 4 aromatic rings. The second-order valence-corrected chi connectivity index (χ2v) is 14.6. The van der Waals surface area contributed by atoms with Gasteiger partial charge in [-0.2, -0.15) is 15.2 Å². The summed E-state index contributed by atoms with van der Waals surface area (Å²) < 4.78 is 38.1. The molecular formula is C38H40F2N6O2. The molecule has 7 rings (SSSR count). The van der Waals surface area contributed by atoms with Gasteiger partial charge in [0.2, 0.25) is 0 Å². The number of phenols is 1. The summed E-state index contributed by atoms with van der Waals surface area (Å²) in [5.41, 5.74) is 0.00464. The first-order valence-corrected chi connectivity index (χ1v) is 16.9. The predicted molar refractivity (Wildman–Crippen MR) is 181 cm³/mol. The number of terminal acetylenes is 1. The fourth-order valence-electron chi connectivity index (χ4n) is 7.60. The van der Waals surface area contributed by atoms with E-state index in [9.17, 15) is 14.8 Å². The van der Waals surface area contributed by atoms with Gasteiger partial charge in [0, 0.05) is 55.3 Å². The van der Waals surface area contributed by atoms with Crippen LogP contribution in [0.3, 0.4) is 0 Å². The van der Waals surface area contributed by atoms with Crippen molar-refractivity contribution >= 4 is 27.5 Å². The Bertz CT molecular complexity index is 1970. The summed E-state index contributed by atoms with van der Waals surface area (Å²) in [7, 11) is 0. The average Bonchev–Trinajstić information content (AvgIpc) is 3.77. The largest absolute Gasteiger partial charge is 0.508 e. The number of hydrogen-bond donors (Lipinski definition) is 1. The number of aromatic nitrogens is 3. The summed E-state index contributed by atoms with van der Waals surface area (Å²) in [4.78, 5) is 18.6. The highest BCUT2D eigenvalue weighted by atomic mass is 19.1. The number of likely N-dealkylation sites (tertiary alicyclic amines) is 1. The van der Waals surface area contributed by atoms with E-state index in [1.54, 1.807) is 6.20 Å². The van der Waals surface area contributed by atoms with Gasteiger partial charge in [0.1, 0.15) is 28.6 Å². The van der Waals surface area contributed by atoms with Gasteiger partial charge in [-0.25, -0.2) is 8.78 Å². The number of rotatable bonds is 7. The van der Waals surface area contributed by atoms with E-state index in [-0.39, 0.29) is 50.8 Å². The third-order valence-corrected chi connectivity index (χ3v) is 10.5. The van der Waals surface area contributed by atoms with Gasteiger partial charge in [0.15, 0.2) is 5.82 Å². The number of phenolic OH excluding ortho intramolecular Hbond substituents is 1. The lowest BCUT2D eigenvalue weighted by Crippen LogP contribution is -2.33. The highest BCUT2D eigenvalue weighted by Gasteiger charge is 2.47. The summed E-state index contributed by atoms with van der Waals surface area (Å²) in [6.45, 7) is 10.9. The van der Waals surface area contributed by atoms with Crippen LogP contribution in [-0.2, 0) is 0 Å². The molecule has 2 aromatic heterocycles. The van der Waals surface area contributed by atoms with Gasteiger partial charge in [-0.3, -0.25) is 4.98 Å². The monoisotopic (exact) mass is 650 g/mol. The van der Waals surface area contributed by atoms with E-state index in [0.717, 1.165) is 58.4 Å². The first-order valence-electron chi connectivity index (χ1n) is 16.9. The number of fused-ring (bicyclic) bond motifs is 2. The van der Waals surface area contributed by atoms with E-state index in [0.29, 0.717) is 41.0 Å². The third kappa shape index (κ3) is 5.99. The Kier molecular flexibility index (Phi) is 8.33. The molecular weight excluding hydrogens is 610 g/mol. The molecule has 0 radical (unpaired) electrons. The second-order valence-electron chi connectivity index (χ2n) is 14.6. The van der Waals surface area contributed by atoms with Crippen LogP contribution in [0.2, 0.25) is 0 Å². The number of anilines is 1. The summed E-state index contributed by atoms with van der Waals surface area (Å²) in [6.07, 6.45) is 11.4. The van der Waals surface area contributed by atoms with Crippen molar-refractivity contribution in [2.75, 3.05) is 44.2 Å². The number of ether oxygens (including phenoxy) is 1. The van der Waals surface area contributed by atoms with E-state index in [2.05, 4.69) is 52.5 Å². The van der Waals surface area contributed by atoms with Crippen molar-refractivity contribution < 1.29 is 18.6 Å². The van der Waals surface area contributed by atoms with Crippen LogP contribution in [0.4, 0.5) is 14.6 Å². The zero-order chi connectivity index (χ0) is 33.7. The van der Waals surface area contributed by atoms with E-state index in [4.69, 9.17) is 16.1 Å². The second kappa shape index (κ2) is 12.5. The number of pyridine rings is 1. The molecule has 10 heteroatoms. The Morgan fingerprint density at radius 2 is 1.81 bits per heavy atom. The highest BCUT2D eigenvalue weighted by Crippen LogP contribution is 2.47. The summed E-state index contributed by atoms with van der Waals surface area (Å²) in [5.74, 6) is 2.67. The maximum atomic E-state index is 16.9. The smallest absolute Gasteiger partial charge is 0.319 e. The molecule has 0 bridgehead atoms. The van der Waals surface area contributed by atoms with Crippen molar-refractivity contribution in [3.8, 4) is 41.4 Å². The normalized spacial score (nSPS) is 23.9. The van der Waals surface area contributed by atoms with Crippen molar-refractivity contribution in [1.29, 1.82) is 5.26 Å². The molecule has 2 aliphatic heterocycles. The van der Waals surface area contributed by atoms with Gasteiger partial charge < -0.3 is 19.6 Å². The van der Waals surface area contributed by atoms with Crippen LogP contribution < -0.4 is 9.64 Å². The molecule has 48 heavy (non-hydrogen) atoms. The van der Waals surface area contributed by atoms with Gasteiger partial charge in [0.25, 0.3) is 0 Å². The molecule has 4 unspecified atom stereocenters. The Balaban J connectivity index is 1.31. The molecule has 3 fully saturated rings. The van der Waals surface area contributed by atoms with Crippen LogP contribution in [0.5, 0.6) is 11.8 Å². The van der Waals surface area contributed by atoms with Gasteiger partial charge in [-0.05, 0) is 67.0 Å². The Morgan fingerprint density at radius 3 is 2.48 bits per heavy atom. The fraction of sp³-hybridized carbons (Fsp3) is 0.474. The molecule has 8 nitrogen and oxygen atoms in total. The van der Waals surface area contributed by atoms with Crippen LogP contribution in [0.1, 0.15) is 52.0 Å². The minimum atomic E-state index is -0.731. The number of aromatic hydroxyl groups is 1. The van der Waals surface area contributed by atoms with Crippen molar-refractivity contribution in [3.05, 3.63) is 47.7 Å². The van der Waals surface area contributed by atoms with Gasteiger partial charge in [-0.15, -0.1) is 6.42 Å². The standard InChI is InChI=1S/C38H40F2N6O2/c1-5-28-31(39)9-8-25-12-27(47)13-29(32(25)28)34-33(40)35-30(15-42-34)36(46-16-22(2)6-7-23(3)17-46)44-37(43-35)48-21-38(10-11-38)20-45-18-24(4)26(14-41)19-45/h1,8-9,12-13,15,22-24,26,47H,6-7,10-11,16-21H2,2-4H3. The van der Waals surface area contributed by atoms with Gasteiger partial charge >= 0.3 is 6.01 Å². The van der Waals surface area contributed by atoms with E-state index >= 15 is 4.39 Å². The molecule has 1 aliphatic carbocycles. The summed E-state index contributed by atoms with van der Waals surface area (Å²) in [6, 6.07) is 8.07. The van der Waals surface area contributed by atoms with Crippen molar-refractivity contribution in [2.24, 2.45) is 29.1 Å². The quantitative estimate of drug-likeness (QED) is 0.215. The van der Waals surface area contributed by atoms with Gasteiger partial charge in [0.05, 0.1) is 29.5 Å². The summed E-state index contributed by atoms with van der Waals surface area (Å²) >= 11 is 0. The predicted octanol–water partition coefficient (Wildman–Crippen LogP) is 6.93. The topological polar surface area (TPSA) is 98.4 Å². The van der Waals surface area contributed by atoms with Crippen molar-refractivity contribution in [2.45, 2.75) is 46.5 Å². The van der Waals surface area contributed by atoms with Crippen LogP contribution in [0.25, 0.3) is 32.9 Å². The van der Waals surface area contributed by atoms with Crippen molar-refractivity contribution in [3.63, 3.8) is 0 Å². The molecule has 4 heterocycles. The molecule has 2 saturated heterocycles. The Labute approximate surface area is 279 Å². The van der Waals surface area contributed by atoms with E-state index in [1.807, 2.05) is 0 Å². The molecule has 1 saturated carbocycles. The number of nitrogens with zero attached hydrogens (tertiary/aromatic N) is 6. The molecule has 3 aliphatic rings. The minimum absolute atomic E-state index is 0.0352. The third-order valence-electron chi connectivity index (χ3n) is 10.5. The minimum Gasteiger partial charge on any atom is -0.508 e. The zero-order valence-electron chi connectivity index (χ0n) is 27.6. The van der Waals surface area contributed by atoms with Crippen LogP contribution in [0.15, 0.2) is 30.5 Å². The zero-order valence-corrected chi connectivity index (χ0v) is 27.6. The lowest BCUT2D eigenvalue weighted by Gasteiger charge is -2.27. The molecule has 1 N–H and O–H groups in total. The number of halogens is 2. The lowest BCUT2D eigenvalue weighted by atomic mass is 9.96. The van der Waals surface area contributed by atoms with E-state index in [1.165, 1.54) is 24.3 Å². The Morgan fingerprint density at radius 1 is 1.06 bits per heavy atom. The SMILES string of the molecule is C#Cc1c(F)ccc2cc(O)cc(-c3ncc4c(N5CC(C)CCC(C)C5)nc(OCC5(CN6CC(C)C(C#N)C6)CC5)nc4c3F)c12. The van der Waals surface area contributed by atoms with Crippen LogP contribution in [0, 0.1) is 64.4 Å². The summed E-state index contributed by atoms with van der Waals surface area (Å²) in [5, 5.41) is 21.3. The van der Waals surface area contributed by atoms with Crippen LogP contribution in [-0.4, -0.2) is 64.3 Å². The molecule has 0 amide bonds. The molecule has 0 spiro atoms. The maximum absolute atomic E-state index is 16.9. The first-order chi connectivity index (χ1) is 23.1. The van der Waals surface area contributed by atoms with Crippen LogP contribution >= 0.6 is 0 Å². The first kappa shape index (κ1) is 32.0. The van der Waals surface area contributed by atoms with Crippen molar-refractivity contribution in [1.82, 2.24) is 19.9 Å². The molecule has 4 atom stereocenters. The highest BCUT2D eigenvalue weighted by molar-refractivity contribution is 6.03. The lowest BCUT2D eigenvalue weighted by molar-refractivity contribution is 0.167.